The molecular weight excluding hydrogens is 396 g/mol. The van der Waals surface area contributed by atoms with Crippen LogP contribution in [0.25, 0.3) is 0 Å². The summed E-state index contributed by atoms with van der Waals surface area (Å²) in [6.45, 7) is 3.85. The van der Waals surface area contributed by atoms with E-state index in [1.807, 2.05) is 60.7 Å². The number of alkyl carbamates (subject to hydrolysis) is 1. The van der Waals surface area contributed by atoms with E-state index < -0.39 is 18.1 Å². The number of esters is 1. The maximum atomic E-state index is 12.9. The molecule has 0 saturated carbocycles. The van der Waals surface area contributed by atoms with Gasteiger partial charge in [0, 0.05) is 6.54 Å². The molecule has 0 aromatic heterocycles. The van der Waals surface area contributed by atoms with E-state index in [2.05, 4.69) is 5.32 Å². The molecule has 0 spiro atoms. The third-order valence-electron chi connectivity index (χ3n) is 4.59. The van der Waals surface area contributed by atoms with Crippen molar-refractivity contribution in [2.75, 3.05) is 19.7 Å². The van der Waals surface area contributed by atoms with E-state index in [9.17, 15) is 14.4 Å². The van der Waals surface area contributed by atoms with Gasteiger partial charge in [0.2, 0.25) is 5.91 Å². The Bertz CT molecular complexity index is 826. The van der Waals surface area contributed by atoms with Crippen LogP contribution in [0, 0.1) is 0 Å². The van der Waals surface area contributed by atoms with Gasteiger partial charge < -0.3 is 19.7 Å². The highest BCUT2D eigenvalue weighted by Gasteiger charge is 2.24. The molecule has 7 nitrogen and oxygen atoms in total. The molecule has 0 saturated heterocycles. The Balaban J connectivity index is 1.89. The van der Waals surface area contributed by atoms with Crippen LogP contribution < -0.4 is 5.32 Å². The molecule has 0 heterocycles. The van der Waals surface area contributed by atoms with Gasteiger partial charge in [-0.2, -0.15) is 0 Å². The first-order valence-electron chi connectivity index (χ1n) is 10.4. The molecule has 7 heteroatoms. The number of carbonyl (C=O) groups excluding carboxylic acids is 3. The van der Waals surface area contributed by atoms with Gasteiger partial charge in [-0.15, -0.1) is 0 Å². The fourth-order valence-corrected chi connectivity index (χ4v) is 3.03. The van der Waals surface area contributed by atoms with E-state index in [4.69, 9.17) is 9.47 Å². The number of nitrogens with one attached hydrogen (secondary N) is 1. The van der Waals surface area contributed by atoms with Crippen molar-refractivity contribution in [2.24, 2.45) is 0 Å². The Hall–Kier alpha value is -3.35. The zero-order valence-corrected chi connectivity index (χ0v) is 18.1. The Kier molecular flexibility index (Phi) is 10.1. The van der Waals surface area contributed by atoms with Gasteiger partial charge in [-0.05, 0) is 37.8 Å². The van der Waals surface area contributed by atoms with Gasteiger partial charge in [0.15, 0.2) is 0 Å². The first-order chi connectivity index (χ1) is 15.0. The van der Waals surface area contributed by atoms with E-state index >= 15 is 0 Å². The smallest absolute Gasteiger partial charge is 0.408 e. The molecular formula is C24H30N2O5. The van der Waals surface area contributed by atoms with Gasteiger partial charge >= 0.3 is 12.1 Å². The number of aryl methyl sites for hydroxylation is 1. The van der Waals surface area contributed by atoms with Crippen LogP contribution in [-0.2, 0) is 32.1 Å². The molecule has 1 atom stereocenters. The van der Waals surface area contributed by atoms with Gasteiger partial charge in [-0.3, -0.25) is 9.59 Å². The zero-order valence-electron chi connectivity index (χ0n) is 18.1. The highest BCUT2D eigenvalue weighted by atomic mass is 16.5. The van der Waals surface area contributed by atoms with E-state index in [-0.39, 0.29) is 25.7 Å². The van der Waals surface area contributed by atoms with Crippen LogP contribution >= 0.6 is 0 Å². The summed E-state index contributed by atoms with van der Waals surface area (Å²) in [7, 11) is 0. The predicted octanol–water partition coefficient (Wildman–Crippen LogP) is 3.33. The number of ether oxygens (including phenoxy) is 2. The van der Waals surface area contributed by atoms with E-state index in [1.54, 1.807) is 13.8 Å². The molecule has 2 aromatic rings. The third kappa shape index (κ3) is 8.90. The number of nitrogens with zero attached hydrogens (tertiary/aromatic N) is 1. The van der Waals surface area contributed by atoms with Gasteiger partial charge in [0.05, 0.1) is 6.61 Å². The summed E-state index contributed by atoms with van der Waals surface area (Å²) in [4.78, 5) is 38.4. The fourth-order valence-electron chi connectivity index (χ4n) is 3.03. The minimum Gasteiger partial charge on any atom is -0.465 e. The normalized spacial score (nSPS) is 11.3. The van der Waals surface area contributed by atoms with Gasteiger partial charge in [-0.1, -0.05) is 60.7 Å². The minimum absolute atomic E-state index is 0.108. The number of rotatable bonds is 11. The van der Waals surface area contributed by atoms with Crippen molar-refractivity contribution in [1.29, 1.82) is 0 Å². The second-order valence-corrected chi connectivity index (χ2v) is 7.08. The van der Waals surface area contributed by atoms with Crippen LogP contribution in [0.3, 0.4) is 0 Å². The van der Waals surface area contributed by atoms with Gasteiger partial charge in [-0.25, -0.2) is 4.79 Å². The molecule has 0 aliphatic heterocycles. The lowest BCUT2D eigenvalue weighted by Crippen LogP contribution is -2.49. The molecule has 31 heavy (non-hydrogen) atoms. The van der Waals surface area contributed by atoms with Crippen LogP contribution in [0.1, 0.15) is 31.4 Å². The summed E-state index contributed by atoms with van der Waals surface area (Å²) in [5.74, 6) is -0.841. The average molecular weight is 427 g/mol. The third-order valence-corrected chi connectivity index (χ3v) is 4.59. The molecule has 0 aliphatic carbocycles. The topological polar surface area (TPSA) is 84.9 Å². The second-order valence-electron chi connectivity index (χ2n) is 7.08. The van der Waals surface area contributed by atoms with Crippen molar-refractivity contribution in [3.8, 4) is 0 Å². The summed E-state index contributed by atoms with van der Waals surface area (Å²) in [6, 6.07) is 18.3. The summed E-state index contributed by atoms with van der Waals surface area (Å²) < 4.78 is 10.2. The van der Waals surface area contributed by atoms with E-state index in [0.29, 0.717) is 13.0 Å². The van der Waals surface area contributed by atoms with Crippen molar-refractivity contribution >= 4 is 18.0 Å². The van der Waals surface area contributed by atoms with Crippen LogP contribution in [0.2, 0.25) is 0 Å². The first-order valence-corrected chi connectivity index (χ1v) is 10.4. The van der Waals surface area contributed by atoms with Crippen LogP contribution in [-0.4, -0.2) is 48.6 Å². The zero-order chi connectivity index (χ0) is 22.5. The molecule has 0 unspecified atom stereocenters. The Labute approximate surface area is 183 Å². The number of benzene rings is 2. The Morgan fingerprint density at radius 2 is 1.55 bits per heavy atom. The van der Waals surface area contributed by atoms with Crippen molar-refractivity contribution in [3.63, 3.8) is 0 Å². The Morgan fingerprint density at radius 3 is 2.16 bits per heavy atom. The van der Waals surface area contributed by atoms with Crippen LogP contribution in [0.4, 0.5) is 4.79 Å². The van der Waals surface area contributed by atoms with Gasteiger partial charge in [0.25, 0.3) is 0 Å². The largest absolute Gasteiger partial charge is 0.465 e. The lowest BCUT2D eigenvalue weighted by Gasteiger charge is -2.25. The summed E-state index contributed by atoms with van der Waals surface area (Å²) >= 11 is 0. The first kappa shape index (κ1) is 23.9. The summed E-state index contributed by atoms with van der Waals surface area (Å²) in [5, 5.41) is 2.54. The molecule has 1 N–H and O–H groups in total. The van der Waals surface area contributed by atoms with Crippen molar-refractivity contribution in [3.05, 3.63) is 71.8 Å². The highest BCUT2D eigenvalue weighted by molar-refractivity contribution is 5.88. The molecule has 2 aromatic carbocycles. The molecule has 0 radical (unpaired) electrons. The number of hydrogen-bond acceptors (Lipinski definition) is 5. The maximum absolute atomic E-state index is 12.9. The van der Waals surface area contributed by atoms with Crippen LogP contribution in [0.15, 0.2) is 60.7 Å². The summed E-state index contributed by atoms with van der Waals surface area (Å²) in [6.07, 6.45) is 0.763. The molecule has 0 aliphatic rings. The van der Waals surface area contributed by atoms with Crippen molar-refractivity contribution < 1.29 is 23.9 Å². The molecule has 2 amide bonds. The monoisotopic (exact) mass is 426 g/mol. The Morgan fingerprint density at radius 1 is 0.935 bits per heavy atom. The standard InChI is InChI=1S/C24H30N2O5/c1-3-30-22(27)17-26(16-10-15-20-11-6-4-7-12-20)23(28)19(2)25-24(29)31-18-21-13-8-5-9-14-21/h4-9,11-14,19H,3,10,15-18H2,1-2H3,(H,25,29)/t19-/m0/s1. The predicted molar refractivity (Wildman–Crippen MR) is 117 cm³/mol. The highest BCUT2D eigenvalue weighted by Crippen LogP contribution is 2.06. The molecule has 0 bridgehead atoms. The second kappa shape index (κ2) is 13.1. The number of carbonyl (C=O) groups is 3. The summed E-state index contributed by atoms with van der Waals surface area (Å²) in [5.41, 5.74) is 2.00. The molecule has 2 rings (SSSR count). The van der Waals surface area contributed by atoms with Crippen molar-refractivity contribution in [2.45, 2.75) is 39.3 Å². The SMILES string of the molecule is CCOC(=O)CN(CCCc1ccccc1)C(=O)[C@H](C)NC(=O)OCc1ccccc1. The lowest BCUT2D eigenvalue weighted by atomic mass is 10.1. The maximum Gasteiger partial charge on any atom is 0.408 e. The molecule has 0 fully saturated rings. The van der Waals surface area contributed by atoms with Crippen LogP contribution in [0.5, 0.6) is 0 Å². The number of hydrogen-bond donors (Lipinski definition) is 1. The fraction of sp³-hybridized carbons (Fsp3) is 0.375. The number of amides is 2. The minimum atomic E-state index is -0.838. The lowest BCUT2D eigenvalue weighted by molar-refractivity contribution is -0.149. The van der Waals surface area contributed by atoms with Crippen molar-refractivity contribution in [1.82, 2.24) is 10.2 Å². The quantitative estimate of drug-likeness (QED) is 0.557. The van der Waals surface area contributed by atoms with E-state index in [0.717, 1.165) is 17.5 Å². The molecule has 166 valence electrons. The average Bonchev–Trinajstić information content (AvgIpc) is 2.78. The van der Waals surface area contributed by atoms with E-state index in [1.165, 1.54) is 4.90 Å². The van der Waals surface area contributed by atoms with Gasteiger partial charge in [0.1, 0.15) is 19.2 Å².